The van der Waals surface area contributed by atoms with Gasteiger partial charge in [-0.1, -0.05) is 6.07 Å². The van der Waals surface area contributed by atoms with Crippen LogP contribution in [0, 0.1) is 6.92 Å². The molecule has 2 aromatic heterocycles. The van der Waals surface area contributed by atoms with E-state index in [1.807, 2.05) is 19.1 Å². The molecule has 0 unspecified atom stereocenters. The molecule has 0 radical (unpaired) electrons. The Morgan fingerprint density at radius 3 is 2.70 bits per heavy atom. The number of carbonyl (C=O) groups is 1. The van der Waals surface area contributed by atoms with Gasteiger partial charge in [0.1, 0.15) is 15.7 Å². The van der Waals surface area contributed by atoms with Crippen LogP contribution in [-0.4, -0.2) is 70.0 Å². The zero-order valence-electron chi connectivity index (χ0n) is 17.4. The average Bonchev–Trinajstić information content (AvgIpc) is 3.41. The van der Waals surface area contributed by atoms with E-state index in [9.17, 15) is 13.2 Å². The van der Waals surface area contributed by atoms with Crippen LogP contribution >= 0.6 is 11.3 Å². The number of sulfonamides is 1. The maximum Gasteiger partial charge on any atom is 0.252 e. The molecule has 166 valence electrons. The molecule has 1 aliphatic heterocycles. The standard InChI is InChI=1S/C20H29N3O5S2/c1-16-7-8-18(28-16)17(23-10-12-27-13-11-23)15-21-19(24)5-3-9-22(2)30(25,26)20-6-4-14-29-20/h4,6-8,14,17H,3,5,9-13,15H2,1-2H3,(H,21,24)/t17-/m0/s1. The number of hydrogen-bond acceptors (Lipinski definition) is 7. The Balaban J connectivity index is 1.48. The highest BCUT2D eigenvalue weighted by molar-refractivity contribution is 7.91. The Hall–Kier alpha value is -1.72. The summed E-state index contributed by atoms with van der Waals surface area (Å²) < 4.78 is 37.7. The normalized spacial score (nSPS) is 16.6. The summed E-state index contributed by atoms with van der Waals surface area (Å²) in [7, 11) is -1.94. The maximum atomic E-state index is 12.4. The summed E-state index contributed by atoms with van der Waals surface area (Å²) in [6.45, 7) is 5.52. The first-order valence-corrected chi connectivity index (χ1v) is 12.3. The summed E-state index contributed by atoms with van der Waals surface area (Å²) in [4.78, 5) is 14.6. The minimum Gasteiger partial charge on any atom is -0.465 e. The van der Waals surface area contributed by atoms with Crippen molar-refractivity contribution in [3.63, 3.8) is 0 Å². The quantitative estimate of drug-likeness (QED) is 0.591. The number of aryl methyl sites for hydroxylation is 1. The number of morpholine rings is 1. The number of amides is 1. The van der Waals surface area contributed by atoms with Crippen LogP contribution in [0.3, 0.4) is 0 Å². The van der Waals surface area contributed by atoms with Crippen molar-refractivity contribution in [2.45, 2.75) is 30.0 Å². The summed E-state index contributed by atoms with van der Waals surface area (Å²) in [6, 6.07) is 7.13. The lowest BCUT2D eigenvalue weighted by Gasteiger charge is -2.33. The summed E-state index contributed by atoms with van der Waals surface area (Å²) in [5.74, 6) is 1.57. The number of hydrogen-bond donors (Lipinski definition) is 1. The number of nitrogens with one attached hydrogen (secondary N) is 1. The molecule has 3 rings (SSSR count). The zero-order chi connectivity index (χ0) is 21.6. The topological polar surface area (TPSA) is 92.1 Å². The molecule has 0 saturated carbocycles. The van der Waals surface area contributed by atoms with E-state index < -0.39 is 10.0 Å². The molecule has 1 fully saturated rings. The molecule has 1 N–H and O–H groups in total. The molecule has 10 heteroatoms. The second-order valence-electron chi connectivity index (χ2n) is 7.28. The molecule has 1 saturated heterocycles. The van der Waals surface area contributed by atoms with Crippen molar-refractivity contribution in [2.24, 2.45) is 0 Å². The minimum atomic E-state index is -3.48. The van der Waals surface area contributed by atoms with E-state index in [0.717, 1.165) is 24.6 Å². The van der Waals surface area contributed by atoms with Crippen LogP contribution in [-0.2, 0) is 19.6 Å². The third kappa shape index (κ3) is 5.92. The van der Waals surface area contributed by atoms with Gasteiger partial charge < -0.3 is 14.5 Å². The van der Waals surface area contributed by atoms with Crippen molar-refractivity contribution in [1.82, 2.24) is 14.5 Å². The van der Waals surface area contributed by atoms with Crippen molar-refractivity contribution in [2.75, 3.05) is 46.4 Å². The van der Waals surface area contributed by atoms with Gasteiger partial charge in [-0.2, -0.15) is 0 Å². The second kappa shape index (κ2) is 10.5. The van der Waals surface area contributed by atoms with E-state index in [0.29, 0.717) is 30.4 Å². The Kier molecular flexibility index (Phi) is 8.06. The van der Waals surface area contributed by atoms with Crippen LogP contribution in [0.15, 0.2) is 38.3 Å². The van der Waals surface area contributed by atoms with E-state index in [-0.39, 0.29) is 24.9 Å². The minimum absolute atomic E-state index is 0.0478. The molecular formula is C20H29N3O5S2. The van der Waals surface area contributed by atoms with Crippen molar-refractivity contribution in [3.8, 4) is 0 Å². The lowest BCUT2D eigenvalue weighted by atomic mass is 10.1. The second-order valence-corrected chi connectivity index (χ2v) is 10.5. The first-order valence-electron chi connectivity index (χ1n) is 10.0. The molecule has 1 atom stereocenters. The monoisotopic (exact) mass is 455 g/mol. The molecule has 30 heavy (non-hydrogen) atoms. The third-order valence-electron chi connectivity index (χ3n) is 5.11. The fourth-order valence-electron chi connectivity index (χ4n) is 3.38. The van der Waals surface area contributed by atoms with Crippen LogP contribution in [0.25, 0.3) is 0 Å². The molecule has 0 spiro atoms. The van der Waals surface area contributed by atoms with Gasteiger partial charge in [0.05, 0.1) is 19.3 Å². The molecule has 3 heterocycles. The van der Waals surface area contributed by atoms with Gasteiger partial charge in [-0.3, -0.25) is 9.69 Å². The fourth-order valence-corrected chi connectivity index (χ4v) is 5.79. The molecule has 8 nitrogen and oxygen atoms in total. The van der Waals surface area contributed by atoms with Gasteiger partial charge in [0.15, 0.2) is 0 Å². The Morgan fingerprint density at radius 2 is 2.07 bits per heavy atom. The number of thiophene rings is 1. The Labute approximate surface area is 181 Å². The smallest absolute Gasteiger partial charge is 0.252 e. The fraction of sp³-hybridized carbons (Fsp3) is 0.550. The van der Waals surface area contributed by atoms with Gasteiger partial charge in [0, 0.05) is 39.6 Å². The summed E-state index contributed by atoms with van der Waals surface area (Å²) in [5.41, 5.74) is 0. The number of ether oxygens (including phenoxy) is 1. The third-order valence-corrected chi connectivity index (χ3v) is 8.33. The Bertz CT molecular complexity index is 905. The maximum absolute atomic E-state index is 12.4. The van der Waals surface area contributed by atoms with Gasteiger partial charge in [0.2, 0.25) is 5.91 Å². The van der Waals surface area contributed by atoms with E-state index in [4.69, 9.17) is 9.15 Å². The number of nitrogens with zero attached hydrogens (tertiary/aromatic N) is 2. The summed E-state index contributed by atoms with van der Waals surface area (Å²) in [6.07, 6.45) is 0.715. The average molecular weight is 456 g/mol. The first-order chi connectivity index (χ1) is 14.4. The van der Waals surface area contributed by atoms with E-state index in [2.05, 4.69) is 10.2 Å². The van der Waals surface area contributed by atoms with Crippen LogP contribution in [0.4, 0.5) is 0 Å². The summed E-state index contributed by atoms with van der Waals surface area (Å²) >= 11 is 1.19. The van der Waals surface area contributed by atoms with Crippen LogP contribution in [0.2, 0.25) is 0 Å². The van der Waals surface area contributed by atoms with Crippen molar-refractivity contribution in [3.05, 3.63) is 41.2 Å². The predicted molar refractivity (Wildman–Crippen MR) is 115 cm³/mol. The Morgan fingerprint density at radius 1 is 1.30 bits per heavy atom. The largest absolute Gasteiger partial charge is 0.465 e. The first kappa shape index (κ1) is 23.0. The number of furan rings is 1. The van der Waals surface area contributed by atoms with E-state index in [1.54, 1.807) is 24.6 Å². The van der Waals surface area contributed by atoms with Crippen LogP contribution < -0.4 is 5.32 Å². The van der Waals surface area contributed by atoms with Crippen molar-refractivity contribution < 1.29 is 22.4 Å². The number of carbonyl (C=O) groups excluding carboxylic acids is 1. The van der Waals surface area contributed by atoms with Gasteiger partial charge in [-0.25, -0.2) is 12.7 Å². The summed E-state index contributed by atoms with van der Waals surface area (Å²) in [5, 5.41) is 4.72. The SMILES string of the molecule is Cc1ccc([C@H](CNC(=O)CCCN(C)S(=O)(=O)c2cccs2)N2CCOCC2)o1. The van der Waals surface area contributed by atoms with Gasteiger partial charge in [0.25, 0.3) is 10.0 Å². The van der Waals surface area contributed by atoms with E-state index in [1.165, 1.54) is 15.6 Å². The zero-order valence-corrected chi connectivity index (χ0v) is 19.0. The van der Waals surface area contributed by atoms with Crippen molar-refractivity contribution >= 4 is 27.3 Å². The lowest BCUT2D eigenvalue weighted by Crippen LogP contribution is -2.43. The highest BCUT2D eigenvalue weighted by Crippen LogP contribution is 2.23. The highest BCUT2D eigenvalue weighted by atomic mass is 32.2. The lowest BCUT2D eigenvalue weighted by molar-refractivity contribution is -0.121. The molecule has 0 aliphatic carbocycles. The van der Waals surface area contributed by atoms with Gasteiger partial charge in [-0.15, -0.1) is 11.3 Å². The number of rotatable bonds is 10. The van der Waals surface area contributed by atoms with Gasteiger partial charge >= 0.3 is 0 Å². The molecular weight excluding hydrogens is 426 g/mol. The molecule has 1 aliphatic rings. The van der Waals surface area contributed by atoms with Crippen LogP contribution in [0.5, 0.6) is 0 Å². The van der Waals surface area contributed by atoms with Crippen LogP contribution in [0.1, 0.15) is 30.4 Å². The molecule has 0 aromatic carbocycles. The van der Waals surface area contributed by atoms with E-state index >= 15 is 0 Å². The molecule has 0 bridgehead atoms. The molecule has 1 amide bonds. The molecule has 2 aromatic rings. The highest BCUT2D eigenvalue weighted by Gasteiger charge is 2.26. The van der Waals surface area contributed by atoms with Gasteiger partial charge in [-0.05, 0) is 36.9 Å². The van der Waals surface area contributed by atoms with Crippen molar-refractivity contribution in [1.29, 1.82) is 0 Å². The predicted octanol–water partition coefficient (Wildman–Crippen LogP) is 2.24.